The molecule has 0 rings (SSSR count). The molecule has 0 aromatic rings. The average molecular weight is 657 g/mol. The molecule has 0 heterocycles. The summed E-state index contributed by atoms with van der Waals surface area (Å²) >= 11 is 0. The molecule has 0 aliphatic rings. The Balaban J connectivity index is 3.66. The van der Waals surface area contributed by atoms with E-state index in [0.29, 0.717) is 12.8 Å². The lowest BCUT2D eigenvalue weighted by Crippen LogP contribution is -2.28. The minimum absolute atomic E-state index is 0.0886. The predicted molar refractivity (Wildman–Crippen MR) is 200 cm³/mol. The van der Waals surface area contributed by atoms with E-state index in [1.54, 1.807) is 0 Å². The van der Waals surface area contributed by atoms with Crippen molar-refractivity contribution >= 4 is 11.9 Å². The highest BCUT2D eigenvalue weighted by Crippen LogP contribution is 2.14. The molecule has 0 aromatic carbocycles. The second kappa shape index (κ2) is 38.1. The summed E-state index contributed by atoms with van der Waals surface area (Å²) in [4.78, 5) is 24.2. The van der Waals surface area contributed by atoms with Gasteiger partial charge < -0.3 is 14.6 Å². The van der Waals surface area contributed by atoms with Crippen LogP contribution >= 0.6 is 0 Å². The molecule has 1 N–H and O–H groups in total. The van der Waals surface area contributed by atoms with E-state index in [1.807, 2.05) is 0 Å². The minimum Gasteiger partial charge on any atom is -0.462 e. The summed E-state index contributed by atoms with van der Waals surface area (Å²) < 4.78 is 10.6. The first-order valence-electron chi connectivity index (χ1n) is 19.3. The number of unbranched alkanes of at least 4 members (excludes halogenated alkanes) is 16. The normalized spacial score (nSPS) is 12.8. The molecule has 5 nitrogen and oxygen atoms in total. The molecule has 0 aliphatic carbocycles. The van der Waals surface area contributed by atoms with Crippen LogP contribution in [0.15, 0.2) is 60.8 Å². The van der Waals surface area contributed by atoms with E-state index in [0.717, 1.165) is 57.8 Å². The number of aliphatic hydroxyl groups is 1. The number of hydrogen-bond acceptors (Lipinski definition) is 5. The fourth-order valence-electron chi connectivity index (χ4n) is 5.18. The quantitative estimate of drug-likeness (QED) is 0.0424. The van der Waals surface area contributed by atoms with Gasteiger partial charge in [0.2, 0.25) is 0 Å². The highest BCUT2D eigenvalue weighted by Gasteiger charge is 2.15. The van der Waals surface area contributed by atoms with E-state index in [4.69, 9.17) is 9.47 Å². The summed E-state index contributed by atoms with van der Waals surface area (Å²) in [5, 5.41) is 9.54. The number of allylic oxidation sites excluding steroid dienone is 10. The molecule has 0 saturated carbocycles. The Morgan fingerprint density at radius 2 is 0.915 bits per heavy atom. The molecule has 0 radical (unpaired) electrons. The molecule has 0 bridgehead atoms. The molecular formula is C42H72O5. The fraction of sp³-hybridized carbons (Fsp3) is 0.714. The summed E-state index contributed by atoms with van der Waals surface area (Å²) in [6, 6.07) is 0. The van der Waals surface area contributed by atoms with Gasteiger partial charge >= 0.3 is 11.9 Å². The van der Waals surface area contributed by atoms with Gasteiger partial charge in [-0.05, 0) is 51.4 Å². The Bertz CT molecular complexity index is 838. The van der Waals surface area contributed by atoms with Gasteiger partial charge in [-0.25, -0.2) is 0 Å². The summed E-state index contributed by atoms with van der Waals surface area (Å²) in [6.07, 6.45) is 48.5. The Morgan fingerprint density at radius 1 is 0.511 bits per heavy atom. The summed E-state index contributed by atoms with van der Waals surface area (Å²) in [5.41, 5.74) is 0. The molecule has 0 fully saturated rings. The minimum atomic E-state index is -0.800. The zero-order chi connectivity index (χ0) is 34.3. The summed E-state index contributed by atoms with van der Waals surface area (Å²) in [6.45, 7) is 3.97. The molecule has 1 unspecified atom stereocenters. The van der Waals surface area contributed by atoms with Crippen LogP contribution in [0.4, 0.5) is 0 Å². The van der Waals surface area contributed by atoms with E-state index in [9.17, 15) is 14.7 Å². The van der Waals surface area contributed by atoms with Gasteiger partial charge in [-0.3, -0.25) is 9.59 Å². The maximum Gasteiger partial charge on any atom is 0.306 e. The summed E-state index contributed by atoms with van der Waals surface area (Å²) in [7, 11) is 0. The number of rotatable bonds is 34. The van der Waals surface area contributed by atoms with Crippen LogP contribution in [0.2, 0.25) is 0 Å². The van der Waals surface area contributed by atoms with Gasteiger partial charge in [0.05, 0.1) is 6.61 Å². The zero-order valence-corrected chi connectivity index (χ0v) is 30.5. The third-order valence-electron chi connectivity index (χ3n) is 8.08. The maximum atomic E-state index is 12.1. The van der Waals surface area contributed by atoms with Gasteiger partial charge in [0, 0.05) is 12.8 Å². The molecule has 0 spiro atoms. The Morgan fingerprint density at radius 3 is 1.36 bits per heavy atom. The van der Waals surface area contributed by atoms with Gasteiger partial charge in [0.1, 0.15) is 6.61 Å². The first-order valence-corrected chi connectivity index (χ1v) is 19.3. The largest absolute Gasteiger partial charge is 0.462 e. The molecule has 0 aromatic heterocycles. The van der Waals surface area contributed by atoms with Crippen molar-refractivity contribution in [1.29, 1.82) is 0 Å². The van der Waals surface area contributed by atoms with Crippen molar-refractivity contribution in [2.45, 2.75) is 180 Å². The van der Waals surface area contributed by atoms with Crippen molar-refractivity contribution in [2.75, 3.05) is 13.2 Å². The van der Waals surface area contributed by atoms with Gasteiger partial charge in [-0.2, -0.15) is 0 Å². The third kappa shape index (κ3) is 36.3. The van der Waals surface area contributed by atoms with E-state index in [2.05, 4.69) is 74.6 Å². The summed E-state index contributed by atoms with van der Waals surface area (Å²) in [5.74, 6) is -0.659. The zero-order valence-electron chi connectivity index (χ0n) is 30.5. The van der Waals surface area contributed by atoms with E-state index < -0.39 is 6.10 Å². The van der Waals surface area contributed by atoms with Crippen LogP contribution in [-0.4, -0.2) is 36.4 Å². The first kappa shape index (κ1) is 44.6. The topological polar surface area (TPSA) is 72.8 Å². The number of ether oxygens (including phenoxy) is 2. The van der Waals surface area contributed by atoms with Crippen molar-refractivity contribution in [3.05, 3.63) is 60.8 Å². The number of carbonyl (C=O) groups is 2. The first-order chi connectivity index (χ1) is 23.1. The highest BCUT2D eigenvalue weighted by atomic mass is 16.6. The van der Waals surface area contributed by atoms with Crippen LogP contribution in [0.1, 0.15) is 174 Å². The Labute approximate surface area is 290 Å². The Kier molecular flexibility index (Phi) is 36.1. The van der Waals surface area contributed by atoms with Crippen LogP contribution in [0.25, 0.3) is 0 Å². The number of hydrogen-bond donors (Lipinski definition) is 1. The standard InChI is InChI=1S/C42H72O5/c1-3-5-7-9-11-13-15-17-19-21-23-25-27-29-31-33-35-37-42(45)47-40(38-43)39-46-41(44)36-34-32-30-28-26-24-22-20-18-16-14-12-10-8-6-4-2/h5,7,11,13,17,19,23,25,29,31,40,43H,3-4,6,8-10,12,14-16,18,20-22,24,26-28,30,32-39H2,1-2H3/b7-5-,13-11-,19-17-,25-23-,31-29-. The van der Waals surface area contributed by atoms with Crippen molar-refractivity contribution in [1.82, 2.24) is 0 Å². The lowest BCUT2D eigenvalue weighted by Gasteiger charge is -2.15. The SMILES string of the molecule is CC/C=C\C/C=C\C/C=C\C/C=C\C/C=C\CCCC(=O)OC(CO)COC(=O)CCCCCCCCCCCCCCCCCC. The second-order valence-corrected chi connectivity index (χ2v) is 12.6. The molecule has 47 heavy (non-hydrogen) atoms. The number of carbonyl (C=O) groups excluding carboxylic acids is 2. The molecule has 270 valence electrons. The van der Waals surface area contributed by atoms with Gasteiger partial charge in [0.15, 0.2) is 6.10 Å². The van der Waals surface area contributed by atoms with Crippen molar-refractivity contribution < 1.29 is 24.2 Å². The smallest absolute Gasteiger partial charge is 0.306 e. The maximum absolute atomic E-state index is 12.1. The van der Waals surface area contributed by atoms with Gasteiger partial charge in [-0.1, -0.05) is 171 Å². The molecule has 0 aliphatic heterocycles. The molecule has 0 saturated heterocycles. The third-order valence-corrected chi connectivity index (χ3v) is 8.08. The van der Waals surface area contributed by atoms with Crippen molar-refractivity contribution in [2.24, 2.45) is 0 Å². The molecule has 0 amide bonds. The Hall–Kier alpha value is -2.40. The molecular weight excluding hydrogens is 584 g/mol. The van der Waals surface area contributed by atoms with Crippen LogP contribution in [0.3, 0.4) is 0 Å². The van der Waals surface area contributed by atoms with E-state index in [-0.39, 0.29) is 31.6 Å². The predicted octanol–water partition coefficient (Wildman–Crippen LogP) is 12.0. The van der Waals surface area contributed by atoms with Crippen molar-refractivity contribution in [3.8, 4) is 0 Å². The lowest BCUT2D eigenvalue weighted by atomic mass is 10.0. The van der Waals surface area contributed by atoms with Crippen molar-refractivity contribution in [3.63, 3.8) is 0 Å². The van der Waals surface area contributed by atoms with E-state index in [1.165, 1.54) is 83.5 Å². The fourth-order valence-corrected chi connectivity index (χ4v) is 5.18. The van der Waals surface area contributed by atoms with Crippen LogP contribution in [0.5, 0.6) is 0 Å². The number of aliphatic hydroxyl groups excluding tert-OH is 1. The van der Waals surface area contributed by atoms with Crippen LogP contribution in [0, 0.1) is 0 Å². The number of esters is 2. The van der Waals surface area contributed by atoms with Gasteiger partial charge in [0.25, 0.3) is 0 Å². The second-order valence-electron chi connectivity index (χ2n) is 12.6. The van der Waals surface area contributed by atoms with Crippen LogP contribution in [-0.2, 0) is 19.1 Å². The molecule has 5 heteroatoms. The monoisotopic (exact) mass is 657 g/mol. The highest BCUT2D eigenvalue weighted by molar-refractivity contribution is 5.70. The van der Waals surface area contributed by atoms with Gasteiger partial charge in [-0.15, -0.1) is 0 Å². The lowest BCUT2D eigenvalue weighted by molar-refractivity contribution is -0.161. The average Bonchev–Trinajstić information content (AvgIpc) is 3.07. The van der Waals surface area contributed by atoms with E-state index >= 15 is 0 Å². The van der Waals surface area contributed by atoms with Crippen LogP contribution < -0.4 is 0 Å². The molecule has 1 atom stereocenters.